The van der Waals surface area contributed by atoms with E-state index in [0.29, 0.717) is 13.2 Å². The monoisotopic (exact) mass is 315 g/mol. The molecule has 0 saturated heterocycles. The first-order valence-corrected chi connectivity index (χ1v) is 7.02. The van der Waals surface area contributed by atoms with Gasteiger partial charge in [0.15, 0.2) is 0 Å². The van der Waals surface area contributed by atoms with Gasteiger partial charge < -0.3 is 14.7 Å². The van der Waals surface area contributed by atoms with Crippen LogP contribution in [0.15, 0.2) is 28.7 Å². The van der Waals surface area contributed by atoms with E-state index in [1.807, 2.05) is 31.1 Å². The number of hydrogen-bond acceptors (Lipinski definition) is 3. The molecule has 4 heteroatoms. The Morgan fingerprint density at radius 2 is 1.89 bits per heavy atom. The summed E-state index contributed by atoms with van der Waals surface area (Å²) in [5.41, 5.74) is 1.15. The molecular formula is C14H22BrNO2. The number of likely N-dealkylation sites (N-methyl/N-ethyl adjacent to an activating group) is 1. The molecule has 1 N–H and O–H groups in total. The maximum atomic E-state index is 9.78. The Balaban J connectivity index is 2.49. The van der Waals surface area contributed by atoms with Gasteiger partial charge in [-0.15, -0.1) is 0 Å². The first-order chi connectivity index (χ1) is 8.52. The van der Waals surface area contributed by atoms with Crippen LogP contribution < -0.4 is 0 Å². The molecule has 1 rings (SSSR count). The second kappa shape index (κ2) is 7.89. The van der Waals surface area contributed by atoms with Crippen molar-refractivity contribution in [1.29, 1.82) is 0 Å². The van der Waals surface area contributed by atoms with E-state index in [-0.39, 0.29) is 6.10 Å². The quantitative estimate of drug-likeness (QED) is 0.840. The van der Waals surface area contributed by atoms with E-state index in [1.165, 1.54) is 0 Å². The normalized spacial score (nSPS) is 14.8. The standard InChI is InChI=1S/C14H22BrNO2/c1-4-14(11-5-7-12(15)8-6-11)18-10-13(17)9-16(2)3/h5-8,13-14,17H,4,9-10H2,1-3H3/t13-,14-/m1/s1. The van der Waals surface area contributed by atoms with E-state index in [0.717, 1.165) is 16.5 Å². The minimum absolute atomic E-state index is 0.0508. The molecule has 0 radical (unpaired) electrons. The molecule has 0 saturated carbocycles. The van der Waals surface area contributed by atoms with Gasteiger partial charge in [0, 0.05) is 11.0 Å². The minimum atomic E-state index is -0.440. The third-order valence-corrected chi connectivity index (χ3v) is 3.21. The zero-order chi connectivity index (χ0) is 13.5. The van der Waals surface area contributed by atoms with Crippen molar-refractivity contribution < 1.29 is 9.84 Å². The molecule has 0 amide bonds. The largest absolute Gasteiger partial charge is 0.389 e. The summed E-state index contributed by atoms with van der Waals surface area (Å²) < 4.78 is 6.85. The van der Waals surface area contributed by atoms with Gasteiger partial charge in [0.05, 0.1) is 18.8 Å². The van der Waals surface area contributed by atoms with Gasteiger partial charge in [0.25, 0.3) is 0 Å². The number of ether oxygens (including phenoxy) is 1. The highest BCUT2D eigenvalue weighted by molar-refractivity contribution is 9.10. The van der Waals surface area contributed by atoms with Crippen LogP contribution in [-0.4, -0.2) is 43.4 Å². The number of nitrogens with zero attached hydrogens (tertiary/aromatic N) is 1. The summed E-state index contributed by atoms with van der Waals surface area (Å²) in [5, 5.41) is 9.78. The molecule has 2 atom stereocenters. The molecule has 3 nitrogen and oxygen atoms in total. The average Bonchev–Trinajstić information content (AvgIpc) is 2.31. The Kier molecular flexibility index (Phi) is 6.86. The molecule has 18 heavy (non-hydrogen) atoms. The lowest BCUT2D eigenvalue weighted by molar-refractivity contribution is -0.0193. The number of aliphatic hydroxyl groups is 1. The number of benzene rings is 1. The van der Waals surface area contributed by atoms with E-state index in [1.54, 1.807) is 0 Å². The van der Waals surface area contributed by atoms with Crippen LogP contribution in [0.2, 0.25) is 0 Å². The lowest BCUT2D eigenvalue weighted by atomic mass is 10.1. The lowest BCUT2D eigenvalue weighted by Crippen LogP contribution is -2.30. The Hall–Kier alpha value is -0.420. The van der Waals surface area contributed by atoms with E-state index < -0.39 is 6.10 Å². The second-order valence-electron chi connectivity index (χ2n) is 4.70. The van der Waals surface area contributed by atoms with Gasteiger partial charge >= 0.3 is 0 Å². The SMILES string of the molecule is CC[C@@H](OC[C@H](O)CN(C)C)c1ccc(Br)cc1. The Bertz CT molecular complexity index is 340. The van der Waals surface area contributed by atoms with Crippen molar-refractivity contribution >= 4 is 15.9 Å². The molecule has 1 aromatic carbocycles. The predicted molar refractivity (Wildman–Crippen MR) is 77.7 cm³/mol. The maximum absolute atomic E-state index is 9.78. The van der Waals surface area contributed by atoms with Crippen molar-refractivity contribution in [1.82, 2.24) is 4.90 Å². The number of hydrogen-bond donors (Lipinski definition) is 1. The number of rotatable bonds is 7. The van der Waals surface area contributed by atoms with E-state index >= 15 is 0 Å². The average molecular weight is 316 g/mol. The summed E-state index contributed by atoms with van der Waals surface area (Å²) in [6, 6.07) is 8.13. The van der Waals surface area contributed by atoms with Gasteiger partial charge in [-0.3, -0.25) is 0 Å². The van der Waals surface area contributed by atoms with Crippen LogP contribution in [0.1, 0.15) is 25.0 Å². The third-order valence-electron chi connectivity index (χ3n) is 2.68. The van der Waals surface area contributed by atoms with Crippen LogP contribution in [0.5, 0.6) is 0 Å². The van der Waals surface area contributed by atoms with Crippen LogP contribution >= 0.6 is 15.9 Å². The van der Waals surface area contributed by atoms with Crippen LogP contribution in [0, 0.1) is 0 Å². The van der Waals surface area contributed by atoms with Gasteiger partial charge in [-0.1, -0.05) is 35.0 Å². The second-order valence-corrected chi connectivity index (χ2v) is 5.61. The molecule has 0 aromatic heterocycles. The van der Waals surface area contributed by atoms with Crippen LogP contribution in [-0.2, 0) is 4.74 Å². The Labute approximate surface area is 118 Å². The molecule has 0 aliphatic heterocycles. The molecule has 0 aliphatic carbocycles. The Morgan fingerprint density at radius 1 is 1.28 bits per heavy atom. The van der Waals surface area contributed by atoms with Crippen molar-refractivity contribution in [3.63, 3.8) is 0 Å². The van der Waals surface area contributed by atoms with Gasteiger partial charge in [-0.25, -0.2) is 0 Å². The molecular weight excluding hydrogens is 294 g/mol. The van der Waals surface area contributed by atoms with Crippen molar-refractivity contribution in [2.24, 2.45) is 0 Å². The smallest absolute Gasteiger partial charge is 0.0900 e. The van der Waals surface area contributed by atoms with Gasteiger partial charge in [0.1, 0.15) is 0 Å². The minimum Gasteiger partial charge on any atom is -0.389 e. The van der Waals surface area contributed by atoms with Gasteiger partial charge in [0.2, 0.25) is 0 Å². The van der Waals surface area contributed by atoms with Crippen LogP contribution in [0.3, 0.4) is 0 Å². The molecule has 1 aromatic rings. The summed E-state index contributed by atoms with van der Waals surface area (Å²) in [4.78, 5) is 1.95. The van der Waals surface area contributed by atoms with E-state index in [2.05, 4.69) is 35.0 Å². The molecule has 102 valence electrons. The van der Waals surface area contributed by atoms with Gasteiger partial charge in [-0.2, -0.15) is 0 Å². The van der Waals surface area contributed by atoms with Crippen molar-refractivity contribution in [3.05, 3.63) is 34.3 Å². The summed E-state index contributed by atoms with van der Waals surface area (Å²) in [6.07, 6.45) is 0.510. The molecule has 0 spiro atoms. The van der Waals surface area contributed by atoms with Crippen LogP contribution in [0.4, 0.5) is 0 Å². The van der Waals surface area contributed by atoms with Crippen LogP contribution in [0.25, 0.3) is 0 Å². The molecule has 0 heterocycles. The van der Waals surface area contributed by atoms with Crippen molar-refractivity contribution in [2.75, 3.05) is 27.2 Å². The summed E-state index contributed by atoms with van der Waals surface area (Å²) >= 11 is 3.42. The fraction of sp³-hybridized carbons (Fsp3) is 0.571. The fourth-order valence-electron chi connectivity index (χ4n) is 1.83. The zero-order valence-corrected chi connectivity index (χ0v) is 12.9. The predicted octanol–water partition coefficient (Wildman–Crippen LogP) is 2.84. The van der Waals surface area contributed by atoms with E-state index in [4.69, 9.17) is 4.74 Å². The fourth-order valence-corrected chi connectivity index (χ4v) is 2.09. The summed E-state index contributed by atoms with van der Waals surface area (Å²) in [5.74, 6) is 0. The zero-order valence-electron chi connectivity index (χ0n) is 11.3. The first kappa shape index (κ1) is 15.6. The third kappa shape index (κ3) is 5.48. The molecule has 0 fully saturated rings. The van der Waals surface area contributed by atoms with Crippen molar-refractivity contribution in [2.45, 2.75) is 25.6 Å². The molecule has 0 unspecified atom stereocenters. The first-order valence-electron chi connectivity index (χ1n) is 6.22. The highest BCUT2D eigenvalue weighted by atomic mass is 79.9. The molecule has 0 aliphatic rings. The van der Waals surface area contributed by atoms with Gasteiger partial charge in [-0.05, 0) is 38.2 Å². The number of halogens is 1. The van der Waals surface area contributed by atoms with Crippen molar-refractivity contribution in [3.8, 4) is 0 Å². The Morgan fingerprint density at radius 3 is 2.39 bits per heavy atom. The highest BCUT2D eigenvalue weighted by Crippen LogP contribution is 2.23. The molecule has 0 bridgehead atoms. The highest BCUT2D eigenvalue weighted by Gasteiger charge is 2.13. The summed E-state index contributed by atoms with van der Waals surface area (Å²) in [7, 11) is 3.88. The lowest BCUT2D eigenvalue weighted by Gasteiger charge is -2.21. The topological polar surface area (TPSA) is 32.7 Å². The number of aliphatic hydroxyl groups excluding tert-OH is 1. The maximum Gasteiger partial charge on any atom is 0.0900 e. The summed E-state index contributed by atoms with van der Waals surface area (Å²) in [6.45, 7) is 3.08. The van der Waals surface area contributed by atoms with E-state index in [9.17, 15) is 5.11 Å².